The average molecular weight is 193 g/mol. The Morgan fingerprint density at radius 3 is 2.67 bits per heavy atom. The van der Waals surface area contributed by atoms with E-state index in [1.807, 2.05) is 5.43 Å². The molecule has 1 rings (SSSR count). The van der Waals surface area contributed by atoms with Gasteiger partial charge in [-0.3, -0.25) is 10.2 Å². The molecule has 1 fully saturated rings. The zero-order valence-electron chi connectivity index (χ0n) is 6.49. The summed E-state index contributed by atoms with van der Waals surface area (Å²) in [6.45, 7) is 0.245. The molecule has 1 aliphatic heterocycles. The van der Waals surface area contributed by atoms with Crippen LogP contribution in [0.1, 0.15) is 6.42 Å². The van der Waals surface area contributed by atoms with Crippen molar-refractivity contribution in [1.82, 2.24) is 9.73 Å². The summed E-state index contributed by atoms with van der Waals surface area (Å²) in [6, 6.07) is 0. The van der Waals surface area contributed by atoms with Crippen molar-refractivity contribution in [3.63, 3.8) is 0 Å². The van der Waals surface area contributed by atoms with Gasteiger partial charge >= 0.3 is 0 Å². The molecule has 0 spiro atoms. The maximum atomic E-state index is 11.1. The second-order valence-corrected chi connectivity index (χ2v) is 4.66. The van der Waals surface area contributed by atoms with E-state index in [2.05, 4.69) is 0 Å². The van der Waals surface area contributed by atoms with Gasteiger partial charge in [-0.2, -0.15) is 4.31 Å². The lowest BCUT2D eigenvalue weighted by Gasteiger charge is -2.11. The van der Waals surface area contributed by atoms with Gasteiger partial charge in [0.1, 0.15) is 0 Å². The zero-order valence-corrected chi connectivity index (χ0v) is 7.30. The number of carbonyl (C=O) groups is 1. The number of hydrazine groups is 1. The zero-order chi connectivity index (χ0) is 9.19. The Labute approximate surface area is 70.7 Å². The third kappa shape index (κ3) is 1.93. The summed E-state index contributed by atoms with van der Waals surface area (Å²) in [5.41, 5.74) is 1.88. The molecule has 0 aliphatic carbocycles. The molecular weight excluding hydrogens is 182 g/mol. The van der Waals surface area contributed by atoms with E-state index in [4.69, 9.17) is 5.84 Å². The Morgan fingerprint density at radius 1 is 1.58 bits per heavy atom. The summed E-state index contributed by atoms with van der Waals surface area (Å²) >= 11 is 0. The second kappa shape index (κ2) is 3.38. The van der Waals surface area contributed by atoms with E-state index in [1.54, 1.807) is 0 Å². The van der Waals surface area contributed by atoms with E-state index in [1.165, 1.54) is 0 Å². The number of nitrogens with one attached hydrogen (secondary N) is 1. The highest BCUT2D eigenvalue weighted by atomic mass is 32.2. The molecule has 0 atom stereocenters. The summed E-state index contributed by atoms with van der Waals surface area (Å²) in [5.74, 6) is 4.46. The Kier molecular flexibility index (Phi) is 2.65. The maximum absolute atomic E-state index is 11.1. The molecule has 0 unspecified atom stereocenters. The first-order chi connectivity index (χ1) is 5.56. The van der Waals surface area contributed by atoms with E-state index in [9.17, 15) is 13.2 Å². The van der Waals surface area contributed by atoms with Crippen molar-refractivity contribution in [2.45, 2.75) is 6.42 Å². The van der Waals surface area contributed by atoms with Crippen molar-refractivity contribution in [1.29, 1.82) is 0 Å². The number of rotatable bonds is 2. The van der Waals surface area contributed by atoms with Crippen molar-refractivity contribution >= 4 is 15.9 Å². The van der Waals surface area contributed by atoms with Crippen molar-refractivity contribution < 1.29 is 13.2 Å². The van der Waals surface area contributed by atoms with Gasteiger partial charge in [-0.25, -0.2) is 14.3 Å². The Hall–Kier alpha value is -0.660. The van der Waals surface area contributed by atoms with Crippen LogP contribution in [-0.2, 0) is 14.8 Å². The first-order valence-corrected chi connectivity index (χ1v) is 5.14. The lowest BCUT2D eigenvalue weighted by atomic mass is 10.5. The second-order valence-electron chi connectivity index (χ2n) is 2.57. The largest absolute Gasteiger partial charge is 0.293 e. The summed E-state index contributed by atoms with van der Waals surface area (Å²) in [6.07, 6.45) is 0.584. The molecule has 0 saturated carbocycles. The van der Waals surface area contributed by atoms with E-state index in [0.717, 1.165) is 4.31 Å². The summed E-state index contributed by atoms with van der Waals surface area (Å²) in [5, 5.41) is 0. The van der Waals surface area contributed by atoms with Gasteiger partial charge < -0.3 is 0 Å². The van der Waals surface area contributed by atoms with Gasteiger partial charge in [-0.15, -0.1) is 0 Å². The molecule has 6 nitrogen and oxygen atoms in total. The van der Waals surface area contributed by atoms with Crippen LogP contribution in [0.25, 0.3) is 0 Å². The van der Waals surface area contributed by atoms with Gasteiger partial charge in [0.15, 0.2) is 0 Å². The van der Waals surface area contributed by atoms with Crippen molar-refractivity contribution in [2.24, 2.45) is 5.84 Å². The molecule has 1 amide bonds. The van der Waals surface area contributed by atoms with Crippen LogP contribution in [0.3, 0.4) is 0 Å². The average Bonchev–Trinajstić information content (AvgIpc) is 2.31. The molecule has 12 heavy (non-hydrogen) atoms. The van der Waals surface area contributed by atoms with Gasteiger partial charge in [-0.05, 0) is 6.42 Å². The number of nitrogens with two attached hydrogens (primary N) is 1. The van der Waals surface area contributed by atoms with Crippen LogP contribution in [0.15, 0.2) is 0 Å². The summed E-state index contributed by atoms with van der Waals surface area (Å²) in [4.78, 5) is 10.7. The van der Waals surface area contributed by atoms with Crippen molar-refractivity contribution in [3.8, 4) is 0 Å². The topological polar surface area (TPSA) is 92.5 Å². The van der Waals surface area contributed by atoms with Gasteiger partial charge in [-0.1, -0.05) is 0 Å². The molecule has 70 valence electrons. The molecule has 1 aliphatic rings. The quantitative estimate of drug-likeness (QED) is 0.302. The Bertz CT molecular complexity index is 274. The van der Waals surface area contributed by atoms with Gasteiger partial charge in [0, 0.05) is 6.54 Å². The van der Waals surface area contributed by atoms with E-state index in [0.29, 0.717) is 13.0 Å². The summed E-state index contributed by atoms with van der Waals surface area (Å²) < 4.78 is 23.4. The molecule has 0 aromatic rings. The van der Waals surface area contributed by atoms with E-state index < -0.39 is 15.9 Å². The van der Waals surface area contributed by atoms with Gasteiger partial charge in [0.25, 0.3) is 0 Å². The van der Waals surface area contributed by atoms with Crippen molar-refractivity contribution in [3.05, 3.63) is 0 Å². The minimum atomic E-state index is -3.18. The fraction of sp³-hybridized carbons (Fsp3) is 0.800. The fourth-order valence-electron chi connectivity index (χ4n) is 1.07. The monoisotopic (exact) mass is 193 g/mol. The van der Waals surface area contributed by atoms with Crippen molar-refractivity contribution in [2.75, 3.05) is 18.8 Å². The number of carbonyl (C=O) groups excluding carboxylic acids is 1. The van der Waals surface area contributed by atoms with Gasteiger partial charge in [0.05, 0.1) is 12.3 Å². The summed E-state index contributed by atoms with van der Waals surface area (Å²) in [7, 11) is -3.18. The molecular formula is C5H11N3O3S. The lowest BCUT2D eigenvalue weighted by Crippen LogP contribution is -2.40. The molecule has 3 N–H and O–H groups in total. The van der Waals surface area contributed by atoms with Crippen LogP contribution in [0, 0.1) is 0 Å². The minimum absolute atomic E-state index is 0.130. The number of amides is 1. The first kappa shape index (κ1) is 9.43. The first-order valence-electron chi connectivity index (χ1n) is 3.53. The number of sulfonamides is 1. The fourth-order valence-corrected chi connectivity index (χ4v) is 2.55. The predicted molar refractivity (Wildman–Crippen MR) is 42.3 cm³/mol. The molecule has 0 aromatic heterocycles. The van der Waals surface area contributed by atoms with E-state index in [-0.39, 0.29) is 12.3 Å². The highest BCUT2D eigenvalue weighted by Crippen LogP contribution is 2.11. The standard InChI is InChI=1S/C5H11N3O3S/c6-7-5(9)4-8-2-1-3-12(8,10)11/h1-4,6H2,(H,7,9). The predicted octanol–water partition coefficient (Wildman–Crippen LogP) is -1.99. The number of nitrogens with zero attached hydrogens (tertiary/aromatic N) is 1. The van der Waals surface area contributed by atoms with Crippen LogP contribution in [0.5, 0.6) is 0 Å². The highest BCUT2D eigenvalue weighted by molar-refractivity contribution is 7.89. The number of hydrogen-bond donors (Lipinski definition) is 2. The molecule has 0 radical (unpaired) electrons. The maximum Gasteiger partial charge on any atom is 0.249 e. The Morgan fingerprint density at radius 2 is 2.25 bits per heavy atom. The molecule has 1 heterocycles. The normalized spacial score (nSPS) is 22.4. The molecule has 0 aromatic carbocycles. The third-order valence-corrected chi connectivity index (χ3v) is 3.59. The van der Waals surface area contributed by atoms with Crippen LogP contribution >= 0.6 is 0 Å². The van der Waals surface area contributed by atoms with Gasteiger partial charge in [0.2, 0.25) is 15.9 Å². The lowest BCUT2D eigenvalue weighted by molar-refractivity contribution is -0.121. The smallest absolute Gasteiger partial charge is 0.249 e. The van der Waals surface area contributed by atoms with Crippen LogP contribution in [0.4, 0.5) is 0 Å². The third-order valence-electron chi connectivity index (χ3n) is 1.68. The SMILES string of the molecule is NNC(=O)CN1CCCS1(=O)=O. The number of hydrogen-bond acceptors (Lipinski definition) is 4. The minimum Gasteiger partial charge on any atom is -0.293 e. The molecule has 0 bridgehead atoms. The molecule has 1 saturated heterocycles. The molecule has 7 heteroatoms. The van der Waals surface area contributed by atoms with Crippen LogP contribution in [0.2, 0.25) is 0 Å². The van der Waals surface area contributed by atoms with Crippen LogP contribution < -0.4 is 11.3 Å². The highest BCUT2D eigenvalue weighted by Gasteiger charge is 2.29. The van der Waals surface area contributed by atoms with E-state index >= 15 is 0 Å². The Balaban J connectivity index is 2.59. The van der Waals surface area contributed by atoms with Crippen LogP contribution in [-0.4, -0.2) is 37.5 Å².